The van der Waals surface area contributed by atoms with Crippen LogP contribution >= 0.6 is 0 Å². The average molecular weight is 510 g/mol. The van der Waals surface area contributed by atoms with Crippen LogP contribution in [-0.2, 0) is 27.4 Å². The average Bonchev–Trinajstić information content (AvgIpc) is 3.26. The molecule has 0 spiro atoms. The van der Waals surface area contributed by atoms with Gasteiger partial charge in [0.25, 0.3) is 11.8 Å². The van der Waals surface area contributed by atoms with E-state index < -0.39 is 11.9 Å². The number of aryl methyl sites for hydroxylation is 2. The molecule has 0 saturated carbocycles. The number of esters is 1. The Labute approximate surface area is 216 Å². The predicted octanol–water partition coefficient (Wildman–Crippen LogP) is 2.16. The van der Waals surface area contributed by atoms with E-state index in [9.17, 15) is 19.2 Å². The Kier molecular flexibility index (Phi) is 8.25. The minimum atomic E-state index is -0.762. The summed E-state index contributed by atoms with van der Waals surface area (Å²) < 4.78 is 6.67. The van der Waals surface area contributed by atoms with Gasteiger partial charge in [-0.2, -0.15) is 5.10 Å². The standard InChI is InChI=1S/C27H35N5O5/c1-4-37-27(36)21-9-13-30(14-10-21)25(34)19(3)28-24(33)22-16-23-26(35)31(11-6-12-32(23)29-22)17-20-8-5-7-18(2)15-20/h5,7-8,15-16,19,21H,4,6,9-14,17H2,1-3H3,(H,28,33)/t19-/m1/s1. The van der Waals surface area contributed by atoms with E-state index in [1.165, 1.54) is 6.07 Å². The lowest BCUT2D eigenvalue weighted by molar-refractivity contribution is -0.151. The van der Waals surface area contributed by atoms with Crippen molar-refractivity contribution in [3.63, 3.8) is 0 Å². The maximum Gasteiger partial charge on any atom is 0.309 e. The number of hydrogen-bond acceptors (Lipinski definition) is 6. The Bertz CT molecular complexity index is 1170. The van der Waals surface area contributed by atoms with Crippen molar-refractivity contribution in [2.75, 3.05) is 26.2 Å². The third-order valence-corrected chi connectivity index (χ3v) is 6.92. The Morgan fingerprint density at radius 2 is 1.89 bits per heavy atom. The summed E-state index contributed by atoms with van der Waals surface area (Å²) in [6.45, 7) is 8.27. The SMILES string of the molecule is CCOC(=O)C1CCN(C(=O)[C@@H](C)NC(=O)c2cc3n(n2)CCCN(Cc2cccc(C)c2)C3=O)CC1. The molecule has 0 radical (unpaired) electrons. The van der Waals surface area contributed by atoms with Crippen LogP contribution in [0.4, 0.5) is 0 Å². The summed E-state index contributed by atoms with van der Waals surface area (Å²) in [5.74, 6) is -1.29. The first-order valence-electron chi connectivity index (χ1n) is 13.0. The van der Waals surface area contributed by atoms with Gasteiger partial charge in [-0.1, -0.05) is 29.8 Å². The molecule has 2 aromatic rings. The first-order valence-corrected chi connectivity index (χ1v) is 13.0. The van der Waals surface area contributed by atoms with Gasteiger partial charge in [-0.15, -0.1) is 0 Å². The number of benzene rings is 1. The molecule has 10 nitrogen and oxygen atoms in total. The number of amides is 3. The van der Waals surface area contributed by atoms with E-state index in [2.05, 4.69) is 16.5 Å². The Morgan fingerprint density at radius 3 is 2.59 bits per heavy atom. The summed E-state index contributed by atoms with van der Waals surface area (Å²) in [6.07, 6.45) is 1.81. The van der Waals surface area contributed by atoms with Crippen LogP contribution in [0.1, 0.15) is 65.2 Å². The summed E-state index contributed by atoms with van der Waals surface area (Å²) in [7, 11) is 0. The van der Waals surface area contributed by atoms with E-state index in [1.807, 2.05) is 25.1 Å². The van der Waals surface area contributed by atoms with Crippen LogP contribution in [0.3, 0.4) is 0 Å². The van der Waals surface area contributed by atoms with E-state index in [4.69, 9.17) is 4.74 Å². The first-order chi connectivity index (χ1) is 17.8. The lowest BCUT2D eigenvalue weighted by Gasteiger charge is -2.32. The smallest absolute Gasteiger partial charge is 0.309 e. The zero-order valence-corrected chi connectivity index (χ0v) is 21.7. The highest BCUT2D eigenvalue weighted by molar-refractivity contribution is 5.99. The first kappa shape index (κ1) is 26.4. The number of carbonyl (C=O) groups is 4. The highest BCUT2D eigenvalue weighted by Crippen LogP contribution is 2.20. The molecule has 0 aliphatic carbocycles. The largest absolute Gasteiger partial charge is 0.466 e. The second kappa shape index (κ2) is 11.6. The molecule has 37 heavy (non-hydrogen) atoms. The Hall–Kier alpha value is -3.69. The molecule has 1 fully saturated rings. The Balaban J connectivity index is 1.36. The third-order valence-electron chi connectivity index (χ3n) is 6.92. The number of aromatic nitrogens is 2. The van der Waals surface area contributed by atoms with Crippen molar-refractivity contribution in [3.05, 3.63) is 52.8 Å². The minimum absolute atomic E-state index is 0.112. The molecule has 1 atom stereocenters. The Morgan fingerprint density at radius 1 is 1.14 bits per heavy atom. The molecule has 198 valence electrons. The molecule has 0 bridgehead atoms. The molecule has 0 unspecified atom stereocenters. The van der Waals surface area contributed by atoms with Crippen LogP contribution in [0.25, 0.3) is 0 Å². The van der Waals surface area contributed by atoms with Crippen molar-refractivity contribution in [1.29, 1.82) is 0 Å². The molecule has 10 heteroatoms. The third kappa shape index (κ3) is 6.18. The van der Waals surface area contributed by atoms with Gasteiger partial charge in [-0.25, -0.2) is 0 Å². The highest BCUT2D eigenvalue weighted by atomic mass is 16.5. The van der Waals surface area contributed by atoms with E-state index in [1.54, 1.807) is 28.3 Å². The van der Waals surface area contributed by atoms with Crippen molar-refractivity contribution in [2.45, 2.75) is 59.2 Å². The summed E-state index contributed by atoms with van der Waals surface area (Å²) in [5.41, 5.74) is 2.67. The lowest BCUT2D eigenvalue weighted by atomic mass is 9.96. The number of ether oxygens (including phenoxy) is 1. The van der Waals surface area contributed by atoms with Crippen molar-refractivity contribution < 1.29 is 23.9 Å². The fraction of sp³-hybridized carbons (Fsp3) is 0.519. The van der Waals surface area contributed by atoms with Gasteiger partial charge in [0.2, 0.25) is 5.91 Å². The zero-order chi connectivity index (χ0) is 26.5. The molecule has 2 aliphatic rings. The predicted molar refractivity (Wildman–Crippen MR) is 136 cm³/mol. The van der Waals surface area contributed by atoms with Gasteiger partial charge in [0.15, 0.2) is 5.69 Å². The van der Waals surface area contributed by atoms with Gasteiger partial charge in [-0.05, 0) is 45.6 Å². The number of carbonyl (C=O) groups excluding carboxylic acids is 4. The molecule has 1 saturated heterocycles. The van der Waals surface area contributed by atoms with Crippen molar-refractivity contribution in [1.82, 2.24) is 24.9 Å². The number of piperidine rings is 1. The second-order valence-corrected chi connectivity index (χ2v) is 9.75. The molecular formula is C27H35N5O5. The van der Waals surface area contributed by atoms with Crippen molar-refractivity contribution in [2.24, 2.45) is 5.92 Å². The molecule has 1 aromatic heterocycles. The molecule has 3 heterocycles. The van der Waals surface area contributed by atoms with E-state index >= 15 is 0 Å². The fourth-order valence-corrected chi connectivity index (χ4v) is 4.93. The maximum absolute atomic E-state index is 13.3. The minimum Gasteiger partial charge on any atom is -0.466 e. The fourth-order valence-electron chi connectivity index (χ4n) is 4.93. The van der Waals surface area contributed by atoms with E-state index in [0.717, 1.165) is 17.5 Å². The second-order valence-electron chi connectivity index (χ2n) is 9.75. The number of rotatable bonds is 7. The van der Waals surface area contributed by atoms with Crippen LogP contribution in [0.2, 0.25) is 0 Å². The van der Waals surface area contributed by atoms with Crippen LogP contribution in [0.5, 0.6) is 0 Å². The number of hydrogen-bond donors (Lipinski definition) is 1. The van der Waals surface area contributed by atoms with Crippen molar-refractivity contribution >= 4 is 23.7 Å². The monoisotopic (exact) mass is 509 g/mol. The van der Waals surface area contributed by atoms with Crippen LogP contribution in [0.15, 0.2) is 30.3 Å². The topological polar surface area (TPSA) is 114 Å². The number of nitrogens with zero attached hydrogens (tertiary/aromatic N) is 4. The van der Waals surface area contributed by atoms with Crippen LogP contribution in [-0.4, -0.2) is 75.6 Å². The lowest BCUT2D eigenvalue weighted by Crippen LogP contribution is -2.50. The quantitative estimate of drug-likeness (QED) is 0.572. The molecule has 2 aliphatic heterocycles. The van der Waals surface area contributed by atoms with Gasteiger partial charge in [0.05, 0.1) is 12.5 Å². The van der Waals surface area contributed by atoms with Crippen LogP contribution < -0.4 is 5.32 Å². The summed E-state index contributed by atoms with van der Waals surface area (Å²) in [4.78, 5) is 54.5. The van der Waals surface area contributed by atoms with Gasteiger partial charge in [0, 0.05) is 38.8 Å². The number of nitrogens with one attached hydrogen (secondary N) is 1. The summed E-state index contributed by atoms with van der Waals surface area (Å²) >= 11 is 0. The van der Waals surface area contributed by atoms with Gasteiger partial charge in [0.1, 0.15) is 11.7 Å². The summed E-state index contributed by atoms with van der Waals surface area (Å²) in [5, 5.41) is 7.09. The van der Waals surface area contributed by atoms with Gasteiger partial charge >= 0.3 is 5.97 Å². The number of likely N-dealkylation sites (tertiary alicyclic amines) is 1. The molecule has 1 N–H and O–H groups in total. The number of fused-ring (bicyclic) bond motifs is 1. The molecule has 3 amide bonds. The van der Waals surface area contributed by atoms with E-state index in [-0.39, 0.29) is 29.4 Å². The maximum atomic E-state index is 13.3. The summed E-state index contributed by atoms with van der Waals surface area (Å²) in [6, 6.07) is 8.80. The van der Waals surface area contributed by atoms with Crippen LogP contribution in [0, 0.1) is 12.8 Å². The van der Waals surface area contributed by atoms with E-state index in [0.29, 0.717) is 57.9 Å². The zero-order valence-electron chi connectivity index (χ0n) is 21.7. The normalized spacial score (nSPS) is 17.1. The molecule has 1 aromatic carbocycles. The highest BCUT2D eigenvalue weighted by Gasteiger charge is 2.32. The van der Waals surface area contributed by atoms with Gasteiger partial charge < -0.3 is 19.9 Å². The van der Waals surface area contributed by atoms with Gasteiger partial charge in [-0.3, -0.25) is 23.9 Å². The molecule has 4 rings (SSSR count). The van der Waals surface area contributed by atoms with Crippen molar-refractivity contribution in [3.8, 4) is 0 Å². The molecular weight excluding hydrogens is 474 g/mol.